The maximum absolute atomic E-state index is 6.06. The maximum Gasteiger partial charge on any atom is 0.193 e. The molecule has 0 amide bonds. The average Bonchev–Trinajstić information content (AvgIpc) is 2.75. The van der Waals surface area contributed by atoms with Crippen molar-refractivity contribution < 1.29 is 4.74 Å². The molecule has 0 atom stereocenters. The number of ether oxygens (including phenoxy) is 1. The molecule has 0 aromatic heterocycles. The summed E-state index contributed by atoms with van der Waals surface area (Å²) in [6, 6.07) is 16.8. The molecule has 30 heavy (non-hydrogen) atoms. The predicted molar refractivity (Wildman–Crippen MR) is 126 cm³/mol. The largest absolute Gasteiger partial charge is 0.380 e. The molecule has 1 saturated heterocycles. The van der Waals surface area contributed by atoms with Crippen LogP contribution in [-0.2, 0) is 11.3 Å². The van der Waals surface area contributed by atoms with Crippen molar-refractivity contribution >= 4 is 17.3 Å². The number of benzene rings is 2. The SMILES string of the molecule is COCc1ccccc1NC(N)=NCCCCN1CCN(c2cccc(C)c2)CC1. The zero-order valence-corrected chi connectivity index (χ0v) is 18.3. The van der Waals surface area contributed by atoms with Crippen molar-refractivity contribution in [1.29, 1.82) is 0 Å². The number of methoxy groups -OCH3 is 1. The van der Waals surface area contributed by atoms with Crippen molar-refractivity contribution in [2.45, 2.75) is 26.4 Å². The molecular formula is C24H35N5O. The lowest BCUT2D eigenvalue weighted by Gasteiger charge is -2.36. The molecular weight excluding hydrogens is 374 g/mol. The molecule has 2 aromatic carbocycles. The van der Waals surface area contributed by atoms with Gasteiger partial charge in [-0.25, -0.2) is 0 Å². The van der Waals surface area contributed by atoms with E-state index in [0.29, 0.717) is 12.6 Å². The predicted octanol–water partition coefficient (Wildman–Crippen LogP) is 3.47. The normalized spacial score (nSPS) is 15.4. The van der Waals surface area contributed by atoms with Crippen molar-refractivity contribution in [2.24, 2.45) is 10.7 Å². The van der Waals surface area contributed by atoms with Crippen LogP contribution in [0.15, 0.2) is 53.5 Å². The molecule has 0 aliphatic carbocycles. The average molecular weight is 410 g/mol. The van der Waals surface area contributed by atoms with Crippen LogP contribution in [0.4, 0.5) is 11.4 Å². The number of aryl methyl sites for hydroxylation is 1. The Morgan fingerprint density at radius 1 is 1.07 bits per heavy atom. The first-order valence-corrected chi connectivity index (χ1v) is 10.8. The third-order valence-corrected chi connectivity index (χ3v) is 5.48. The number of rotatable bonds is 9. The Bertz CT molecular complexity index is 815. The Morgan fingerprint density at radius 3 is 2.63 bits per heavy atom. The first-order valence-electron chi connectivity index (χ1n) is 10.8. The number of aliphatic imine (C=N–C) groups is 1. The zero-order valence-electron chi connectivity index (χ0n) is 18.3. The van der Waals surface area contributed by atoms with Gasteiger partial charge < -0.3 is 20.7 Å². The van der Waals surface area contributed by atoms with E-state index in [9.17, 15) is 0 Å². The van der Waals surface area contributed by atoms with E-state index in [1.165, 1.54) is 11.3 Å². The van der Waals surface area contributed by atoms with Crippen LogP contribution in [0.3, 0.4) is 0 Å². The summed E-state index contributed by atoms with van der Waals surface area (Å²) in [6.07, 6.45) is 2.18. The van der Waals surface area contributed by atoms with Gasteiger partial charge in [-0.1, -0.05) is 30.3 Å². The van der Waals surface area contributed by atoms with Gasteiger partial charge >= 0.3 is 0 Å². The van der Waals surface area contributed by atoms with Crippen LogP contribution in [0, 0.1) is 6.92 Å². The molecule has 0 saturated carbocycles. The minimum Gasteiger partial charge on any atom is -0.380 e. The van der Waals surface area contributed by atoms with Crippen molar-refractivity contribution in [2.75, 3.05) is 56.6 Å². The third kappa shape index (κ3) is 6.75. The second-order valence-corrected chi connectivity index (χ2v) is 7.86. The lowest BCUT2D eigenvalue weighted by Crippen LogP contribution is -2.46. The molecule has 1 fully saturated rings. The van der Waals surface area contributed by atoms with Gasteiger partial charge in [0.05, 0.1) is 6.61 Å². The first-order chi connectivity index (χ1) is 14.7. The third-order valence-electron chi connectivity index (χ3n) is 5.48. The van der Waals surface area contributed by atoms with Gasteiger partial charge in [0, 0.05) is 56.8 Å². The molecule has 162 valence electrons. The first kappa shape index (κ1) is 22.1. The molecule has 0 spiro atoms. The van der Waals surface area contributed by atoms with E-state index in [1.807, 2.05) is 24.3 Å². The van der Waals surface area contributed by atoms with E-state index in [2.05, 4.69) is 51.3 Å². The van der Waals surface area contributed by atoms with E-state index in [-0.39, 0.29) is 0 Å². The van der Waals surface area contributed by atoms with E-state index in [4.69, 9.17) is 10.5 Å². The van der Waals surface area contributed by atoms with Crippen molar-refractivity contribution in [3.8, 4) is 0 Å². The van der Waals surface area contributed by atoms with Crippen LogP contribution in [0.25, 0.3) is 0 Å². The quantitative estimate of drug-likeness (QED) is 0.377. The van der Waals surface area contributed by atoms with Gasteiger partial charge in [0.15, 0.2) is 5.96 Å². The van der Waals surface area contributed by atoms with Crippen LogP contribution < -0.4 is 16.0 Å². The molecule has 0 bridgehead atoms. The topological polar surface area (TPSA) is 66.1 Å². The highest BCUT2D eigenvalue weighted by Gasteiger charge is 2.16. The van der Waals surface area contributed by atoms with Crippen LogP contribution in [-0.4, -0.2) is 57.2 Å². The number of nitrogens with two attached hydrogens (primary N) is 1. The van der Waals surface area contributed by atoms with Crippen LogP contribution >= 0.6 is 0 Å². The summed E-state index contributed by atoms with van der Waals surface area (Å²) in [5.74, 6) is 0.463. The van der Waals surface area contributed by atoms with Gasteiger partial charge in [-0.15, -0.1) is 0 Å². The van der Waals surface area contributed by atoms with Gasteiger partial charge in [-0.3, -0.25) is 9.89 Å². The highest BCUT2D eigenvalue weighted by atomic mass is 16.5. The summed E-state index contributed by atoms with van der Waals surface area (Å²) in [4.78, 5) is 9.52. The number of anilines is 2. The van der Waals surface area contributed by atoms with Crippen molar-refractivity contribution in [1.82, 2.24) is 4.90 Å². The van der Waals surface area contributed by atoms with E-state index in [0.717, 1.165) is 63.4 Å². The van der Waals surface area contributed by atoms with Crippen LogP contribution in [0.5, 0.6) is 0 Å². The number of nitrogens with one attached hydrogen (secondary N) is 1. The summed E-state index contributed by atoms with van der Waals surface area (Å²) >= 11 is 0. The summed E-state index contributed by atoms with van der Waals surface area (Å²) in [7, 11) is 1.69. The van der Waals surface area contributed by atoms with Crippen molar-refractivity contribution in [3.63, 3.8) is 0 Å². The Morgan fingerprint density at radius 2 is 1.87 bits per heavy atom. The van der Waals surface area contributed by atoms with Crippen molar-refractivity contribution in [3.05, 3.63) is 59.7 Å². The minimum atomic E-state index is 0.463. The van der Waals surface area contributed by atoms with Crippen LogP contribution in [0.2, 0.25) is 0 Å². The van der Waals surface area contributed by atoms with Gasteiger partial charge in [0.25, 0.3) is 0 Å². The number of piperazine rings is 1. The van der Waals surface area contributed by atoms with E-state index >= 15 is 0 Å². The van der Waals surface area contributed by atoms with Crippen LogP contribution in [0.1, 0.15) is 24.0 Å². The zero-order chi connectivity index (χ0) is 21.2. The molecule has 1 heterocycles. The lowest BCUT2D eigenvalue weighted by molar-refractivity contribution is 0.185. The van der Waals surface area contributed by atoms with Gasteiger partial charge in [-0.05, 0) is 50.1 Å². The van der Waals surface area contributed by atoms with Gasteiger partial charge in [-0.2, -0.15) is 0 Å². The van der Waals surface area contributed by atoms with Gasteiger partial charge in [0.1, 0.15) is 0 Å². The monoisotopic (exact) mass is 409 g/mol. The molecule has 6 heteroatoms. The Kier molecular flexibility index (Phi) is 8.53. The Hall–Kier alpha value is -2.57. The number of unbranched alkanes of at least 4 members (excludes halogenated alkanes) is 1. The molecule has 0 radical (unpaired) electrons. The fourth-order valence-corrected chi connectivity index (χ4v) is 3.80. The summed E-state index contributed by atoms with van der Waals surface area (Å²) in [6.45, 7) is 9.01. The minimum absolute atomic E-state index is 0.463. The summed E-state index contributed by atoms with van der Waals surface area (Å²) in [5.41, 5.74) is 10.8. The van der Waals surface area contributed by atoms with E-state index < -0.39 is 0 Å². The fraction of sp³-hybridized carbons (Fsp3) is 0.458. The summed E-state index contributed by atoms with van der Waals surface area (Å²) < 4.78 is 5.23. The molecule has 3 rings (SSSR count). The van der Waals surface area contributed by atoms with Gasteiger partial charge in [0.2, 0.25) is 0 Å². The maximum atomic E-state index is 6.06. The number of para-hydroxylation sites is 1. The lowest BCUT2D eigenvalue weighted by atomic mass is 10.2. The fourth-order valence-electron chi connectivity index (χ4n) is 3.80. The number of nitrogens with zero attached hydrogens (tertiary/aromatic N) is 3. The number of hydrogen-bond acceptors (Lipinski definition) is 4. The number of guanidine groups is 1. The second kappa shape index (κ2) is 11.6. The second-order valence-electron chi connectivity index (χ2n) is 7.86. The standard InChI is InChI=1S/C24H35N5O/c1-20-8-7-10-22(18-20)29-16-14-28(15-17-29)13-6-5-12-26-24(25)27-23-11-4-3-9-21(23)19-30-2/h3-4,7-11,18H,5-6,12-17,19H2,1-2H3,(H3,25,26,27). The molecule has 3 N–H and O–H groups in total. The highest BCUT2D eigenvalue weighted by molar-refractivity contribution is 5.92. The summed E-state index contributed by atoms with van der Waals surface area (Å²) in [5, 5.41) is 3.19. The molecule has 2 aromatic rings. The Labute approximate surface area is 180 Å². The molecule has 0 unspecified atom stereocenters. The number of hydrogen-bond donors (Lipinski definition) is 2. The highest BCUT2D eigenvalue weighted by Crippen LogP contribution is 2.18. The molecule has 6 nitrogen and oxygen atoms in total. The Balaban J connectivity index is 1.34. The smallest absolute Gasteiger partial charge is 0.193 e. The molecule has 1 aliphatic rings. The van der Waals surface area contributed by atoms with E-state index in [1.54, 1.807) is 7.11 Å². The molecule has 1 aliphatic heterocycles.